The van der Waals surface area contributed by atoms with Crippen LogP contribution in [0.1, 0.15) is 42.7 Å². The van der Waals surface area contributed by atoms with Crippen LogP contribution in [0.2, 0.25) is 0 Å². The fourth-order valence-corrected chi connectivity index (χ4v) is 3.32. The summed E-state index contributed by atoms with van der Waals surface area (Å²) >= 11 is 0. The third kappa shape index (κ3) is 2.46. The molecular formula is C17H25N3O3. The van der Waals surface area contributed by atoms with Gasteiger partial charge < -0.3 is 9.47 Å². The smallest absolute Gasteiger partial charge is 0.315 e. The number of amides is 3. The second-order valence-electron chi connectivity index (χ2n) is 6.77. The Kier molecular flexibility index (Phi) is 4.13. The minimum absolute atomic E-state index is 0.0945. The van der Waals surface area contributed by atoms with Crippen LogP contribution in [-0.2, 0) is 17.4 Å². The topological polar surface area (TPSA) is 62.6 Å². The van der Waals surface area contributed by atoms with Crippen molar-refractivity contribution in [1.29, 1.82) is 0 Å². The molecule has 6 heteroatoms. The van der Waals surface area contributed by atoms with Crippen molar-refractivity contribution in [2.45, 2.75) is 46.6 Å². The number of hydrogen-bond donors (Lipinski definition) is 0. The first kappa shape index (κ1) is 17.2. The molecule has 126 valence electrons. The summed E-state index contributed by atoms with van der Waals surface area (Å²) in [5.41, 5.74) is 2.60. The molecule has 0 radical (unpaired) electrons. The maximum atomic E-state index is 12.8. The zero-order valence-electron chi connectivity index (χ0n) is 15.0. The van der Waals surface area contributed by atoms with Gasteiger partial charge in [-0.05, 0) is 45.7 Å². The molecule has 1 saturated heterocycles. The Bertz CT molecular complexity index is 746. The molecule has 1 aromatic rings. The van der Waals surface area contributed by atoms with E-state index in [0.717, 1.165) is 21.7 Å². The van der Waals surface area contributed by atoms with E-state index in [1.54, 1.807) is 16.5 Å². The lowest BCUT2D eigenvalue weighted by atomic mass is 9.87. The molecule has 3 amide bonds. The van der Waals surface area contributed by atoms with Gasteiger partial charge in [-0.1, -0.05) is 0 Å². The lowest BCUT2D eigenvalue weighted by Crippen LogP contribution is -2.58. The van der Waals surface area contributed by atoms with Gasteiger partial charge in [-0.15, -0.1) is 0 Å². The number of pyridine rings is 1. The van der Waals surface area contributed by atoms with Crippen molar-refractivity contribution in [3.63, 3.8) is 0 Å². The molecule has 23 heavy (non-hydrogen) atoms. The summed E-state index contributed by atoms with van der Waals surface area (Å²) in [6.45, 7) is 9.88. The third-order valence-corrected chi connectivity index (χ3v) is 5.23. The molecule has 0 bridgehead atoms. The van der Waals surface area contributed by atoms with E-state index in [2.05, 4.69) is 0 Å². The standard InChI is InChI=1S/C17H25N3O3/c1-10-11(2)14(15(22)18(6)12(10)3)17(4,5)20-9-8-13(21)19(7)16(20)23/h8-9H2,1-7H3. The van der Waals surface area contributed by atoms with Gasteiger partial charge in [-0.25, -0.2) is 4.79 Å². The molecule has 1 aliphatic rings. The number of aromatic nitrogens is 1. The molecule has 0 spiro atoms. The quantitative estimate of drug-likeness (QED) is 0.835. The molecular weight excluding hydrogens is 294 g/mol. The number of nitrogens with zero attached hydrogens (tertiary/aromatic N) is 3. The van der Waals surface area contributed by atoms with Crippen molar-refractivity contribution >= 4 is 11.9 Å². The molecule has 6 nitrogen and oxygen atoms in total. The Labute approximate surface area is 136 Å². The molecule has 0 N–H and O–H groups in total. The van der Waals surface area contributed by atoms with Crippen LogP contribution in [0.4, 0.5) is 4.79 Å². The highest BCUT2D eigenvalue weighted by Gasteiger charge is 2.41. The van der Waals surface area contributed by atoms with Crippen LogP contribution in [0.3, 0.4) is 0 Å². The maximum Gasteiger partial charge on any atom is 0.327 e. The van der Waals surface area contributed by atoms with Crippen molar-refractivity contribution in [2.24, 2.45) is 7.05 Å². The van der Waals surface area contributed by atoms with Crippen molar-refractivity contribution in [2.75, 3.05) is 13.6 Å². The van der Waals surface area contributed by atoms with Gasteiger partial charge in [0.2, 0.25) is 5.91 Å². The number of carbonyl (C=O) groups excluding carboxylic acids is 2. The Morgan fingerprint density at radius 1 is 0.957 bits per heavy atom. The van der Waals surface area contributed by atoms with E-state index < -0.39 is 5.54 Å². The van der Waals surface area contributed by atoms with Gasteiger partial charge in [0, 0.05) is 38.3 Å². The highest BCUT2D eigenvalue weighted by atomic mass is 16.2. The SMILES string of the molecule is Cc1c(C)c(C)n(C)c(=O)c1C(C)(C)N1CCC(=O)N(C)C1=O. The lowest BCUT2D eigenvalue weighted by Gasteiger charge is -2.43. The minimum atomic E-state index is -0.788. The van der Waals surface area contributed by atoms with E-state index in [1.165, 1.54) is 7.05 Å². The number of carbonyl (C=O) groups is 2. The van der Waals surface area contributed by atoms with Gasteiger partial charge in [-0.2, -0.15) is 0 Å². The Balaban J connectivity index is 2.64. The molecule has 1 aromatic heterocycles. The molecule has 2 rings (SSSR count). The van der Waals surface area contributed by atoms with Crippen LogP contribution in [0.5, 0.6) is 0 Å². The van der Waals surface area contributed by atoms with Crippen molar-refractivity contribution in [1.82, 2.24) is 14.4 Å². The van der Waals surface area contributed by atoms with Gasteiger partial charge in [0.05, 0.1) is 5.54 Å². The number of urea groups is 1. The third-order valence-electron chi connectivity index (χ3n) is 5.23. The second-order valence-corrected chi connectivity index (χ2v) is 6.77. The minimum Gasteiger partial charge on any atom is -0.315 e. The molecule has 1 fully saturated rings. The largest absolute Gasteiger partial charge is 0.327 e. The zero-order chi connectivity index (χ0) is 17.7. The second kappa shape index (κ2) is 5.51. The summed E-state index contributed by atoms with van der Waals surface area (Å²) in [6.07, 6.45) is 0.274. The zero-order valence-corrected chi connectivity index (χ0v) is 15.0. The summed E-state index contributed by atoms with van der Waals surface area (Å²) in [4.78, 5) is 39.8. The van der Waals surface area contributed by atoms with Crippen LogP contribution in [-0.4, -0.2) is 39.9 Å². The van der Waals surface area contributed by atoms with Crippen LogP contribution >= 0.6 is 0 Å². The first-order valence-corrected chi connectivity index (χ1v) is 7.77. The Morgan fingerprint density at radius 2 is 1.52 bits per heavy atom. The van der Waals surface area contributed by atoms with Gasteiger partial charge >= 0.3 is 6.03 Å². The number of rotatable bonds is 2. The number of imide groups is 1. The van der Waals surface area contributed by atoms with Crippen LogP contribution < -0.4 is 5.56 Å². The predicted octanol–water partition coefficient (Wildman–Crippen LogP) is 1.83. The van der Waals surface area contributed by atoms with Crippen LogP contribution in [0.25, 0.3) is 0 Å². The summed E-state index contributed by atoms with van der Waals surface area (Å²) in [5.74, 6) is -0.188. The molecule has 0 aliphatic carbocycles. The monoisotopic (exact) mass is 319 g/mol. The summed E-state index contributed by atoms with van der Waals surface area (Å²) in [7, 11) is 3.23. The highest BCUT2D eigenvalue weighted by Crippen LogP contribution is 2.32. The van der Waals surface area contributed by atoms with E-state index in [0.29, 0.717) is 12.1 Å². The van der Waals surface area contributed by atoms with Crippen molar-refractivity contribution in [3.05, 3.63) is 32.7 Å². The van der Waals surface area contributed by atoms with E-state index in [-0.39, 0.29) is 23.9 Å². The van der Waals surface area contributed by atoms with Crippen LogP contribution in [0.15, 0.2) is 4.79 Å². The first-order valence-electron chi connectivity index (χ1n) is 7.77. The maximum absolute atomic E-state index is 12.8. The lowest BCUT2D eigenvalue weighted by molar-refractivity contribution is -0.130. The average molecular weight is 319 g/mol. The van der Waals surface area contributed by atoms with Crippen molar-refractivity contribution < 1.29 is 9.59 Å². The van der Waals surface area contributed by atoms with Gasteiger partial charge in [0.15, 0.2) is 0 Å². The number of hydrogen-bond acceptors (Lipinski definition) is 3. The van der Waals surface area contributed by atoms with E-state index in [4.69, 9.17) is 0 Å². The van der Waals surface area contributed by atoms with E-state index in [1.807, 2.05) is 34.6 Å². The fraction of sp³-hybridized carbons (Fsp3) is 0.588. The normalized spacial score (nSPS) is 16.3. The summed E-state index contributed by atoms with van der Waals surface area (Å²) in [5, 5.41) is 0. The van der Waals surface area contributed by atoms with Gasteiger partial charge in [0.1, 0.15) is 0 Å². The van der Waals surface area contributed by atoms with Crippen molar-refractivity contribution in [3.8, 4) is 0 Å². The predicted molar refractivity (Wildman–Crippen MR) is 88.4 cm³/mol. The molecule has 0 saturated carbocycles. The molecule has 1 aliphatic heterocycles. The molecule has 0 atom stereocenters. The van der Waals surface area contributed by atoms with Crippen LogP contribution in [0, 0.1) is 20.8 Å². The highest BCUT2D eigenvalue weighted by molar-refractivity contribution is 5.96. The van der Waals surface area contributed by atoms with E-state index >= 15 is 0 Å². The molecule has 0 aromatic carbocycles. The molecule has 0 unspecified atom stereocenters. The summed E-state index contributed by atoms with van der Waals surface area (Å²) < 4.78 is 1.63. The molecule has 2 heterocycles. The van der Waals surface area contributed by atoms with Gasteiger partial charge in [-0.3, -0.25) is 14.5 Å². The van der Waals surface area contributed by atoms with Gasteiger partial charge in [0.25, 0.3) is 5.56 Å². The summed E-state index contributed by atoms with van der Waals surface area (Å²) in [6, 6.07) is -0.356. The first-order chi connectivity index (χ1) is 10.5. The Morgan fingerprint density at radius 3 is 2.09 bits per heavy atom. The fourth-order valence-electron chi connectivity index (χ4n) is 3.32. The Hall–Kier alpha value is -2.11. The average Bonchev–Trinajstić information content (AvgIpc) is 2.48. The van der Waals surface area contributed by atoms with E-state index in [9.17, 15) is 14.4 Å².